The molecule has 1 saturated heterocycles. The number of piperidine rings is 1. The molecule has 0 spiro atoms. The van der Waals surface area contributed by atoms with E-state index in [1.807, 2.05) is 0 Å². The van der Waals surface area contributed by atoms with E-state index in [4.69, 9.17) is 11.6 Å². The zero-order valence-corrected chi connectivity index (χ0v) is 12.1. The van der Waals surface area contributed by atoms with Crippen LogP contribution < -0.4 is 5.32 Å². The molecule has 0 radical (unpaired) electrons. The Morgan fingerprint density at radius 2 is 2.15 bits per heavy atom. The fourth-order valence-corrected chi connectivity index (χ4v) is 2.72. The predicted molar refractivity (Wildman–Crippen MR) is 75.2 cm³/mol. The second-order valence-corrected chi connectivity index (χ2v) is 5.75. The molecule has 6 heteroatoms. The van der Waals surface area contributed by atoms with Gasteiger partial charge in [0, 0.05) is 13.1 Å². The van der Waals surface area contributed by atoms with E-state index in [0.717, 1.165) is 38.1 Å². The van der Waals surface area contributed by atoms with E-state index in [1.54, 1.807) is 0 Å². The van der Waals surface area contributed by atoms with Crippen molar-refractivity contribution in [1.82, 2.24) is 4.90 Å². The monoisotopic (exact) mass is 306 g/mol. The molecular weight excluding hydrogens is 289 g/mol. The van der Waals surface area contributed by atoms with Gasteiger partial charge in [-0.25, -0.2) is 0 Å². The molecule has 1 heterocycles. The first-order chi connectivity index (χ1) is 9.36. The van der Waals surface area contributed by atoms with E-state index >= 15 is 0 Å². The third kappa shape index (κ3) is 4.03. The Balaban J connectivity index is 2.01. The summed E-state index contributed by atoms with van der Waals surface area (Å²) in [5.41, 5.74) is -0.320. The lowest BCUT2D eigenvalue weighted by molar-refractivity contribution is -0.137. The lowest BCUT2D eigenvalue weighted by Gasteiger charge is -2.30. The van der Waals surface area contributed by atoms with Gasteiger partial charge in [0.15, 0.2) is 0 Å². The Morgan fingerprint density at radius 3 is 2.80 bits per heavy atom. The number of likely N-dealkylation sites (tertiary alicyclic amines) is 1. The fraction of sp³-hybridized carbons (Fsp3) is 0.571. The number of nitrogens with one attached hydrogen (secondary N) is 1. The second-order valence-electron chi connectivity index (χ2n) is 5.34. The summed E-state index contributed by atoms with van der Waals surface area (Å²) < 4.78 is 38.0. The van der Waals surface area contributed by atoms with Crippen molar-refractivity contribution in [2.75, 3.05) is 32.0 Å². The molecule has 0 aliphatic carbocycles. The molecule has 1 aliphatic rings. The van der Waals surface area contributed by atoms with Gasteiger partial charge < -0.3 is 10.2 Å². The lowest BCUT2D eigenvalue weighted by atomic mass is 9.98. The Hall–Kier alpha value is -0.940. The first-order valence-corrected chi connectivity index (χ1v) is 7.03. The molecule has 0 saturated carbocycles. The van der Waals surface area contributed by atoms with Crippen molar-refractivity contribution < 1.29 is 13.2 Å². The van der Waals surface area contributed by atoms with Crippen LogP contribution in [0.15, 0.2) is 18.2 Å². The number of benzene rings is 1. The second kappa shape index (κ2) is 6.22. The summed E-state index contributed by atoms with van der Waals surface area (Å²) in [6.07, 6.45) is -2.13. The molecule has 2 nitrogen and oxygen atoms in total. The molecule has 1 aliphatic heterocycles. The number of anilines is 1. The molecule has 0 bridgehead atoms. The Bertz CT molecular complexity index is 462. The van der Waals surface area contributed by atoms with Crippen LogP contribution >= 0.6 is 11.6 Å². The molecule has 0 aromatic heterocycles. The highest BCUT2D eigenvalue weighted by atomic mass is 35.5. The van der Waals surface area contributed by atoms with Crippen molar-refractivity contribution in [2.24, 2.45) is 5.92 Å². The number of hydrogen-bond donors (Lipinski definition) is 1. The predicted octanol–water partition coefficient (Wildman–Crippen LogP) is 4.11. The summed E-state index contributed by atoms with van der Waals surface area (Å²) in [6.45, 7) is 2.69. The van der Waals surface area contributed by atoms with Crippen molar-refractivity contribution in [3.63, 3.8) is 0 Å². The number of halogens is 4. The number of nitrogens with zero attached hydrogens (tertiary/aromatic N) is 1. The largest absolute Gasteiger partial charge is 0.416 e. The average molecular weight is 307 g/mol. The number of rotatable bonds is 3. The van der Waals surface area contributed by atoms with Crippen LogP contribution in [0.5, 0.6) is 0 Å². The summed E-state index contributed by atoms with van der Waals surface area (Å²) in [7, 11) is 2.06. The van der Waals surface area contributed by atoms with Gasteiger partial charge in [0.1, 0.15) is 0 Å². The van der Waals surface area contributed by atoms with Crippen molar-refractivity contribution in [3.05, 3.63) is 28.8 Å². The van der Waals surface area contributed by atoms with Crippen LogP contribution in [0.2, 0.25) is 5.02 Å². The van der Waals surface area contributed by atoms with Crippen LogP contribution in [0.3, 0.4) is 0 Å². The Morgan fingerprint density at radius 1 is 1.40 bits per heavy atom. The van der Waals surface area contributed by atoms with Crippen molar-refractivity contribution >= 4 is 17.3 Å². The SMILES string of the molecule is CN1CCCC(CNc2cc(C(F)(F)F)ccc2Cl)C1. The maximum atomic E-state index is 12.7. The average Bonchev–Trinajstić information content (AvgIpc) is 2.36. The van der Waals surface area contributed by atoms with Crippen LogP contribution in [-0.2, 0) is 6.18 Å². The highest BCUT2D eigenvalue weighted by Gasteiger charge is 2.31. The third-order valence-corrected chi connectivity index (χ3v) is 3.93. The van der Waals surface area contributed by atoms with Crippen molar-refractivity contribution in [3.8, 4) is 0 Å². The van der Waals surface area contributed by atoms with E-state index in [0.29, 0.717) is 23.2 Å². The maximum absolute atomic E-state index is 12.7. The van der Waals surface area contributed by atoms with Crippen LogP contribution in [0, 0.1) is 5.92 Å². The first kappa shape index (κ1) is 15.4. The van der Waals surface area contributed by atoms with Crippen LogP contribution in [0.1, 0.15) is 18.4 Å². The van der Waals surface area contributed by atoms with Gasteiger partial charge >= 0.3 is 6.18 Å². The van der Waals surface area contributed by atoms with Crippen LogP contribution in [0.4, 0.5) is 18.9 Å². The van der Waals surface area contributed by atoms with Crippen molar-refractivity contribution in [2.45, 2.75) is 19.0 Å². The van der Waals surface area contributed by atoms with Gasteiger partial charge in [-0.2, -0.15) is 13.2 Å². The van der Waals surface area contributed by atoms with Gasteiger partial charge in [-0.05, 0) is 50.6 Å². The molecule has 20 heavy (non-hydrogen) atoms. The zero-order chi connectivity index (χ0) is 14.8. The summed E-state index contributed by atoms with van der Waals surface area (Å²) >= 11 is 5.95. The lowest BCUT2D eigenvalue weighted by Crippen LogP contribution is -2.35. The van der Waals surface area contributed by atoms with Gasteiger partial charge in [0.25, 0.3) is 0 Å². The molecule has 1 unspecified atom stereocenters. The quantitative estimate of drug-likeness (QED) is 0.904. The van der Waals surface area contributed by atoms with Gasteiger partial charge in [-0.15, -0.1) is 0 Å². The zero-order valence-electron chi connectivity index (χ0n) is 11.3. The van der Waals surface area contributed by atoms with Gasteiger partial charge in [0.05, 0.1) is 16.3 Å². The van der Waals surface area contributed by atoms with Gasteiger partial charge in [0.2, 0.25) is 0 Å². The fourth-order valence-electron chi connectivity index (χ4n) is 2.53. The normalized spacial score (nSPS) is 20.9. The smallest absolute Gasteiger partial charge is 0.384 e. The summed E-state index contributed by atoms with van der Waals surface area (Å²) in [4.78, 5) is 2.24. The van der Waals surface area contributed by atoms with Crippen LogP contribution in [-0.4, -0.2) is 31.6 Å². The van der Waals surface area contributed by atoms with Crippen LogP contribution in [0.25, 0.3) is 0 Å². The highest BCUT2D eigenvalue weighted by Crippen LogP contribution is 2.34. The summed E-state index contributed by atoms with van der Waals surface area (Å²) in [5.74, 6) is 0.444. The van der Waals surface area contributed by atoms with E-state index in [9.17, 15) is 13.2 Å². The van der Waals surface area contributed by atoms with E-state index in [1.165, 1.54) is 6.07 Å². The first-order valence-electron chi connectivity index (χ1n) is 6.65. The number of alkyl halides is 3. The topological polar surface area (TPSA) is 15.3 Å². The minimum atomic E-state index is -4.34. The molecule has 1 fully saturated rings. The maximum Gasteiger partial charge on any atom is 0.416 e. The van der Waals surface area contributed by atoms with Gasteiger partial charge in [-0.3, -0.25) is 0 Å². The Kier molecular flexibility index (Phi) is 4.81. The summed E-state index contributed by atoms with van der Waals surface area (Å²) in [5, 5.41) is 3.38. The molecule has 1 aromatic carbocycles. The molecule has 2 rings (SSSR count). The minimum absolute atomic E-state index is 0.321. The third-order valence-electron chi connectivity index (χ3n) is 3.60. The van der Waals surface area contributed by atoms with Crippen molar-refractivity contribution in [1.29, 1.82) is 0 Å². The molecular formula is C14H18ClF3N2. The van der Waals surface area contributed by atoms with Gasteiger partial charge in [-0.1, -0.05) is 11.6 Å². The molecule has 1 aromatic rings. The standard InChI is InChI=1S/C14H18ClF3N2/c1-20-6-2-3-10(9-20)8-19-13-7-11(14(16,17)18)4-5-12(13)15/h4-5,7,10,19H,2-3,6,8-9H2,1H3. The molecule has 1 atom stereocenters. The molecule has 0 amide bonds. The van der Waals surface area contributed by atoms with E-state index in [-0.39, 0.29) is 0 Å². The van der Waals surface area contributed by atoms with E-state index in [2.05, 4.69) is 17.3 Å². The highest BCUT2D eigenvalue weighted by molar-refractivity contribution is 6.33. The summed E-state index contributed by atoms with van der Waals surface area (Å²) in [6, 6.07) is 3.37. The molecule has 1 N–H and O–H groups in total. The molecule has 112 valence electrons. The number of hydrogen-bond acceptors (Lipinski definition) is 2. The Labute approximate surface area is 121 Å². The minimum Gasteiger partial charge on any atom is -0.384 e. The van der Waals surface area contributed by atoms with E-state index < -0.39 is 11.7 Å².